The molecular formula is C64H87N9O13S. The number of anilines is 1. The maximum absolute atomic E-state index is 15.2. The molecule has 0 bridgehead atoms. The topological polar surface area (TPSA) is 307 Å². The number of thiazole rings is 1. The van der Waals surface area contributed by atoms with Gasteiger partial charge in [0.15, 0.2) is 11.8 Å². The van der Waals surface area contributed by atoms with E-state index in [1.54, 1.807) is 49.9 Å². The molecule has 1 aliphatic carbocycles. The standard InChI is InChI=1S/C64H87N9O13S/c1-10-12-13-18-32-72(51(38(3)4)34-52(86-41(8)74)57-69-50(37-87-57)59(78)79)58(77)54(40(7)11-2)70-60(80)64(9)30-20-33-73(64)63(83)85-35-42-26-28-43(29-27-42)67-55(75)49(25-19-31-66-61(65)81)68-56(76)53(39(5)6)71-62(82)84-36-48-46-23-16-14-21-44(46)45-22-15-17-24-47(45)48/h14-17,21-24,26-29,37-40,48-49,51-54H,10-13,18-20,25,30-36H2,1-9H3,(H,67,75)(H,68,76)(H,70,80)(H,71,82)(H,78,79)(H3,65,66,81)/t40?,49?,51?,52?,53?,54?,64-/m1/s1. The Labute approximate surface area is 513 Å². The summed E-state index contributed by atoms with van der Waals surface area (Å²) in [6.07, 6.45) is 2.74. The van der Waals surface area contributed by atoms with Gasteiger partial charge in [0.1, 0.15) is 41.9 Å². The molecule has 4 aromatic rings. The van der Waals surface area contributed by atoms with Gasteiger partial charge in [-0.2, -0.15) is 0 Å². The number of rotatable bonds is 31. The van der Waals surface area contributed by atoms with Crippen molar-refractivity contribution in [3.05, 3.63) is 106 Å². The Balaban J connectivity index is 1.09. The average molecular weight is 1220 g/mol. The van der Waals surface area contributed by atoms with Crippen molar-refractivity contribution in [2.24, 2.45) is 23.5 Å². The maximum atomic E-state index is 15.2. The number of hydrogen-bond acceptors (Lipinski definition) is 14. The molecule has 8 N–H and O–H groups in total. The number of fused-ring (bicyclic) bond motifs is 3. The number of nitrogens with one attached hydrogen (secondary N) is 5. The molecule has 6 unspecified atom stereocenters. The molecule has 0 radical (unpaired) electrons. The number of unbranched alkanes of at least 4 members (excludes halogenated alkanes) is 3. The third-order valence-corrected chi connectivity index (χ3v) is 17.3. The van der Waals surface area contributed by atoms with Crippen molar-refractivity contribution in [3.63, 3.8) is 0 Å². The number of carboxylic acid groups (broad SMARTS) is 1. The van der Waals surface area contributed by atoms with Crippen molar-refractivity contribution >= 4 is 70.8 Å². The summed E-state index contributed by atoms with van der Waals surface area (Å²) in [5.41, 5.74) is 8.82. The molecule has 6 rings (SSSR count). The lowest BCUT2D eigenvalue weighted by atomic mass is 9.91. The molecule has 1 fully saturated rings. The number of esters is 1. The molecule has 0 saturated carbocycles. The SMILES string of the molecule is CCCCCCN(C(=O)C(NC(=O)[C@@]1(C)CCCN1C(=O)OCc1ccc(NC(=O)C(CCCNC(N)=O)NC(=O)C(NC(=O)OCC2c3ccccc3-c3ccccc32)C(C)C)cc1)C(C)CC)C(CC(OC(C)=O)c1nc(C(=O)O)cs1)C(C)C. The lowest BCUT2D eigenvalue weighted by Crippen LogP contribution is -2.62. The molecule has 1 aromatic heterocycles. The van der Waals surface area contributed by atoms with Gasteiger partial charge in [0.05, 0.1) is 0 Å². The molecule has 472 valence electrons. The molecular weight excluding hydrogens is 1130 g/mol. The summed E-state index contributed by atoms with van der Waals surface area (Å²) in [5, 5.41) is 25.2. The van der Waals surface area contributed by atoms with Gasteiger partial charge in [-0.25, -0.2) is 24.2 Å². The van der Waals surface area contributed by atoms with Crippen LogP contribution in [0.3, 0.4) is 0 Å². The number of carbonyl (C=O) groups excluding carboxylic acids is 8. The van der Waals surface area contributed by atoms with Crippen molar-refractivity contribution in [1.82, 2.24) is 36.1 Å². The van der Waals surface area contributed by atoms with Crippen LogP contribution >= 0.6 is 11.3 Å². The van der Waals surface area contributed by atoms with E-state index in [0.717, 1.165) is 52.9 Å². The molecule has 87 heavy (non-hydrogen) atoms. The van der Waals surface area contributed by atoms with E-state index in [-0.39, 0.29) is 74.9 Å². The number of nitrogens with two attached hydrogens (primary N) is 1. The zero-order valence-electron chi connectivity index (χ0n) is 51.5. The summed E-state index contributed by atoms with van der Waals surface area (Å²) in [4.78, 5) is 128. The van der Waals surface area contributed by atoms with E-state index >= 15 is 4.79 Å². The first-order chi connectivity index (χ1) is 41.5. The molecule has 1 aliphatic heterocycles. The Morgan fingerprint density at radius 2 is 1.48 bits per heavy atom. The number of aromatic nitrogens is 1. The highest BCUT2D eigenvalue weighted by atomic mass is 32.1. The molecule has 2 heterocycles. The number of primary amides is 1. The highest BCUT2D eigenvalue weighted by molar-refractivity contribution is 7.09. The lowest BCUT2D eigenvalue weighted by Gasteiger charge is -2.40. The minimum atomic E-state index is -1.39. The van der Waals surface area contributed by atoms with E-state index in [9.17, 15) is 43.5 Å². The average Bonchev–Trinajstić information content (AvgIpc) is 1.76. The number of nitrogens with zero attached hydrogens (tertiary/aromatic N) is 3. The van der Waals surface area contributed by atoms with E-state index in [1.165, 1.54) is 17.2 Å². The largest absolute Gasteiger partial charge is 0.476 e. The normalized spacial score (nSPS) is 16.5. The lowest BCUT2D eigenvalue weighted by molar-refractivity contribution is -0.150. The fourth-order valence-electron chi connectivity index (χ4n) is 11.2. The van der Waals surface area contributed by atoms with Crippen LogP contribution in [0.15, 0.2) is 78.2 Å². The van der Waals surface area contributed by atoms with Crippen molar-refractivity contribution in [2.75, 3.05) is 31.6 Å². The van der Waals surface area contributed by atoms with Crippen LogP contribution in [-0.4, -0.2) is 130 Å². The summed E-state index contributed by atoms with van der Waals surface area (Å²) >= 11 is 1.06. The summed E-state index contributed by atoms with van der Waals surface area (Å²) in [6.45, 7) is 16.8. The van der Waals surface area contributed by atoms with Gasteiger partial charge >= 0.3 is 30.2 Å². The third-order valence-electron chi connectivity index (χ3n) is 16.4. The molecule has 2 aliphatic rings. The van der Waals surface area contributed by atoms with Crippen LogP contribution in [0.4, 0.5) is 20.1 Å². The summed E-state index contributed by atoms with van der Waals surface area (Å²) < 4.78 is 17.3. The number of likely N-dealkylation sites (tertiary alicyclic amines) is 1. The van der Waals surface area contributed by atoms with Crippen molar-refractivity contribution in [1.29, 1.82) is 0 Å². The van der Waals surface area contributed by atoms with Crippen LogP contribution in [-0.2, 0) is 44.8 Å². The van der Waals surface area contributed by atoms with Crippen molar-refractivity contribution < 1.29 is 62.5 Å². The zero-order chi connectivity index (χ0) is 63.5. The van der Waals surface area contributed by atoms with Crippen LogP contribution < -0.4 is 32.3 Å². The number of urea groups is 1. The Hall–Kier alpha value is -8.08. The predicted molar refractivity (Wildman–Crippen MR) is 329 cm³/mol. The molecule has 7 atom stereocenters. The van der Waals surface area contributed by atoms with Gasteiger partial charge in [-0.1, -0.05) is 135 Å². The van der Waals surface area contributed by atoms with E-state index in [4.69, 9.17) is 19.9 Å². The van der Waals surface area contributed by atoms with Crippen LogP contribution in [0.1, 0.15) is 171 Å². The van der Waals surface area contributed by atoms with E-state index in [2.05, 4.69) is 38.5 Å². The Kier molecular flexibility index (Phi) is 25.1. The van der Waals surface area contributed by atoms with Gasteiger partial charge < -0.3 is 56.5 Å². The monoisotopic (exact) mass is 1220 g/mol. The van der Waals surface area contributed by atoms with Gasteiger partial charge in [0, 0.05) is 56.0 Å². The van der Waals surface area contributed by atoms with Crippen LogP contribution in [0.2, 0.25) is 0 Å². The quantitative estimate of drug-likeness (QED) is 0.0140. The van der Waals surface area contributed by atoms with Gasteiger partial charge in [0.25, 0.3) is 0 Å². The Morgan fingerprint density at radius 3 is 2.07 bits per heavy atom. The minimum Gasteiger partial charge on any atom is -0.476 e. The molecule has 0 spiro atoms. The smallest absolute Gasteiger partial charge is 0.410 e. The molecule has 8 amide bonds. The zero-order valence-corrected chi connectivity index (χ0v) is 52.3. The number of aromatic carboxylic acids is 1. The summed E-state index contributed by atoms with van der Waals surface area (Å²) in [6, 6.07) is 17.9. The molecule has 23 heteroatoms. The van der Waals surface area contributed by atoms with Crippen LogP contribution in [0.5, 0.6) is 0 Å². The minimum absolute atomic E-state index is 0.0360. The third kappa shape index (κ3) is 18.2. The van der Waals surface area contributed by atoms with Crippen molar-refractivity contribution in [3.8, 4) is 11.1 Å². The molecule has 3 aromatic carbocycles. The fourth-order valence-corrected chi connectivity index (χ4v) is 12.0. The molecule has 1 saturated heterocycles. The highest BCUT2D eigenvalue weighted by Gasteiger charge is 2.49. The number of carboxylic acids is 1. The van der Waals surface area contributed by atoms with E-state index < -0.39 is 89.6 Å². The fraction of sp³-hybridized carbons (Fsp3) is 0.531. The second-order valence-electron chi connectivity index (χ2n) is 23.4. The van der Waals surface area contributed by atoms with Crippen molar-refractivity contribution in [2.45, 2.75) is 175 Å². The maximum Gasteiger partial charge on any atom is 0.410 e. The Bertz CT molecular complexity index is 3000. The van der Waals surface area contributed by atoms with Crippen LogP contribution in [0, 0.1) is 17.8 Å². The second-order valence-corrected chi connectivity index (χ2v) is 24.3. The number of benzene rings is 3. The van der Waals surface area contributed by atoms with Gasteiger partial charge in [-0.3, -0.25) is 28.9 Å². The second kappa shape index (κ2) is 32.1. The number of amides is 8. The van der Waals surface area contributed by atoms with Gasteiger partial charge in [-0.15, -0.1) is 11.3 Å². The summed E-state index contributed by atoms with van der Waals surface area (Å²) in [7, 11) is 0. The first kappa shape index (κ1) is 68.0. The number of alkyl carbamates (subject to hydrolysis) is 1. The first-order valence-electron chi connectivity index (χ1n) is 30.2. The van der Waals surface area contributed by atoms with Gasteiger partial charge in [0.2, 0.25) is 23.6 Å². The van der Waals surface area contributed by atoms with Crippen LogP contribution in [0.25, 0.3) is 11.1 Å². The first-order valence-corrected chi connectivity index (χ1v) is 31.1. The number of carbonyl (C=O) groups is 9. The predicted octanol–water partition coefficient (Wildman–Crippen LogP) is 9.43. The van der Waals surface area contributed by atoms with Gasteiger partial charge in [-0.05, 0) is 96.7 Å². The number of hydrogen-bond donors (Lipinski definition) is 7. The highest BCUT2D eigenvalue weighted by Crippen LogP contribution is 2.44. The van der Waals surface area contributed by atoms with E-state index in [1.807, 2.05) is 76.2 Å². The van der Waals surface area contributed by atoms with E-state index in [0.29, 0.717) is 48.5 Å². The molecule has 22 nitrogen and oxygen atoms in total. The Morgan fingerprint density at radius 1 is 0.816 bits per heavy atom. The number of ether oxygens (including phenoxy) is 3. The summed E-state index contributed by atoms with van der Waals surface area (Å²) in [5.74, 6) is -4.98.